The van der Waals surface area contributed by atoms with E-state index in [2.05, 4.69) is 17.1 Å². The van der Waals surface area contributed by atoms with Crippen LogP contribution in [0.15, 0.2) is 4.52 Å². The van der Waals surface area contributed by atoms with Gasteiger partial charge in [-0.3, -0.25) is 4.79 Å². The molecule has 0 spiro atoms. The Labute approximate surface area is 100 Å². The minimum absolute atomic E-state index is 0.0876. The van der Waals surface area contributed by atoms with Crippen LogP contribution in [0.2, 0.25) is 0 Å². The van der Waals surface area contributed by atoms with Crippen molar-refractivity contribution in [1.82, 2.24) is 10.1 Å². The molecule has 1 saturated carbocycles. The molecule has 0 amide bonds. The van der Waals surface area contributed by atoms with Gasteiger partial charge in [-0.2, -0.15) is 4.98 Å². The van der Waals surface area contributed by atoms with E-state index in [1.54, 1.807) is 0 Å². The molecule has 1 aromatic heterocycles. The van der Waals surface area contributed by atoms with Gasteiger partial charge in [-0.25, -0.2) is 0 Å². The number of aliphatic carboxylic acids is 1. The Morgan fingerprint density at radius 3 is 3.06 bits per heavy atom. The molecule has 17 heavy (non-hydrogen) atoms. The van der Waals surface area contributed by atoms with E-state index in [-0.39, 0.29) is 11.8 Å². The van der Waals surface area contributed by atoms with E-state index in [9.17, 15) is 4.79 Å². The van der Waals surface area contributed by atoms with E-state index in [0.29, 0.717) is 18.1 Å². The summed E-state index contributed by atoms with van der Waals surface area (Å²) < 4.78 is 5.20. The molecule has 2 unspecified atom stereocenters. The maximum Gasteiger partial charge on any atom is 0.307 e. The minimum atomic E-state index is -0.749. The summed E-state index contributed by atoms with van der Waals surface area (Å²) in [7, 11) is 0. The molecule has 2 rings (SSSR count). The summed E-state index contributed by atoms with van der Waals surface area (Å²) in [4.78, 5) is 15.4. The molecule has 5 nitrogen and oxygen atoms in total. The first-order valence-corrected chi connectivity index (χ1v) is 6.27. The van der Waals surface area contributed by atoms with Crippen LogP contribution in [0.25, 0.3) is 0 Å². The van der Waals surface area contributed by atoms with Crippen LogP contribution in [-0.2, 0) is 11.2 Å². The van der Waals surface area contributed by atoms with Crippen LogP contribution in [0.1, 0.15) is 56.7 Å². The number of aryl methyl sites for hydroxylation is 1. The van der Waals surface area contributed by atoms with Gasteiger partial charge < -0.3 is 9.63 Å². The van der Waals surface area contributed by atoms with E-state index in [1.165, 1.54) is 0 Å². The van der Waals surface area contributed by atoms with Gasteiger partial charge in [0.1, 0.15) is 0 Å². The van der Waals surface area contributed by atoms with Gasteiger partial charge in [0.25, 0.3) is 0 Å². The number of hydrogen-bond donors (Lipinski definition) is 1. The maximum atomic E-state index is 11.1. The van der Waals surface area contributed by atoms with Gasteiger partial charge in [0.15, 0.2) is 5.82 Å². The Morgan fingerprint density at radius 2 is 2.35 bits per heavy atom. The predicted octanol–water partition coefficient (Wildman–Crippen LogP) is 2.38. The number of carboxylic acids is 1. The van der Waals surface area contributed by atoms with Gasteiger partial charge in [0.2, 0.25) is 5.89 Å². The Kier molecular flexibility index (Phi) is 3.76. The third-order valence-corrected chi connectivity index (χ3v) is 3.39. The summed E-state index contributed by atoms with van der Waals surface area (Å²) in [5.74, 6) is 0.0320. The zero-order chi connectivity index (χ0) is 12.3. The molecule has 1 N–H and O–H groups in total. The second-order valence-corrected chi connectivity index (χ2v) is 4.63. The Bertz CT molecular complexity index is 389. The van der Waals surface area contributed by atoms with Crippen LogP contribution in [0.5, 0.6) is 0 Å². The lowest BCUT2D eigenvalue weighted by Crippen LogP contribution is -2.17. The number of rotatable bonds is 5. The summed E-state index contributed by atoms with van der Waals surface area (Å²) in [6.07, 6.45) is 5.41. The zero-order valence-electron chi connectivity index (χ0n) is 10.1. The molecule has 0 radical (unpaired) electrons. The van der Waals surface area contributed by atoms with Gasteiger partial charge >= 0.3 is 5.97 Å². The predicted molar refractivity (Wildman–Crippen MR) is 60.6 cm³/mol. The largest absolute Gasteiger partial charge is 0.481 e. The normalized spacial score (nSPS) is 24.1. The summed E-state index contributed by atoms with van der Waals surface area (Å²) in [5.41, 5.74) is 0. The van der Waals surface area contributed by atoms with Gasteiger partial charge in [-0.05, 0) is 19.3 Å². The molecule has 1 aliphatic rings. The van der Waals surface area contributed by atoms with Crippen LogP contribution < -0.4 is 0 Å². The van der Waals surface area contributed by atoms with E-state index >= 15 is 0 Å². The fourth-order valence-electron chi connectivity index (χ4n) is 2.41. The third kappa shape index (κ3) is 2.65. The average Bonchev–Trinajstić information content (AvgIpc) is 2.94. The SMILES string of the molecule is CCCCc1noc(C2CCCC2C(=O)O)n1. The molecule has 0 aromatic carbocycles. The average molecular weight is 238 g/mol. The Hall–Kier alpha value is -1.39. The van der Waals surface area contributed by atoms with Crippen molar-refractivity contribution in [2.75, 3.05) is 0 Å². The highest BCUT2D eigenvalue weighted by atomic mass is 16.5. The molecule has 2 atom stereocenters. The molecule has 0 aliphatic heterocycles. The molecule has 1 aromatic rings. The van der Waals surface area contributed by atoms with Crippen LogP contribution in [-0.4, -0.2) is 21.2 Å². The van der Waals surface area contributed by atoms with Crippen molar-refractivity contribution in [2.45, 2.75) is 51.4 Å². The fourth-order valence-corrected chi connectivity index (χ4v) is 2.41. The highest BCUT2D eigenvalue weighted by Gasteiger charge is 2.37. The lowest BCUT2D eigenvalue weighted by Gasteiger charge is -2.09. The highest BCUT2D eigenvalue weighted by Crippen LogP contribution is 2.38. The molecule has 1 fully saturated rings. The summed E-state index contributed by atoms with van der Waals surface area (Å²) in [6.45, 7) is 2.11. The van der Waals surface area contributed by atoms with Crippen molar-refractivity contribution >= 4 is 5.97 Å². The van der Waals surface area contributed by atoms with Crippen molar-refractivity contribution in [3.8, 4) is 0 Å². The first-order chi connectivity index (χ1) is 8.22. The lowest BCUT2D eigenvalue weighted by molar-refractivity contribution is -0.142. The van der Waals surface area contributed by atoms with E-state index < -0.39 is 5.97 Å². The lowest BCUT2D eigenvalue weighted by atomic mass is 9.96. The van der Waals surface area contributed by atoms with Crippen LogP contribution in [0.4, 0.5) is 0 Å². The van der Waals surface area contributed by atoms with Crippen LogP contribution in [0, 0.1) is 5.92 Å². The van der Waals surface area contributed by atoms with Gasteiger partial charge in [-0.1, -0.05) is 24.9 Å². The molecule has 1 aliphatic carbocycles. The highest BCUT2D eigenvalue weighted by molar-refractivity contribution is 5.71. The monoisotopic (exact) mass is 238 g/mol. The molecular weight excluding hydrogens is 220 g/mol. The third-order valence-electron chi connectivity index (χ3n) is 3.39. The van der Waals surface area contributed by atoms with Crippen molar-refractivity contribution < 1.29 is 14.4 Å². The first kappa shape index (κ1) is 12.1. The molecule has 5 heteroatoms. The van der Waals surface area contributed by atoms with Crippen LogP contribution >= 0.6 is 0 Å². The fraction of sp³-hybridized carbons (Fsp3) is 0.750. The molecular formula is C12H18N2O3. The topological polar surface area (TPSA) is 76.2 Å². The molecule has 94 valence electrons. The maximum absolute atomic E-state index is 11.1. The van der Waals surface area contributed by atoms with Gasteiger partial charge in [0.05, 0.1) is 11.8 Å². The number of carbonyl (C=O) groups is 1. The first-order valence-electron chi connectivity index (χ1n) is 6.27. The smallest absolute Gasteiger partial charge is 0.307 e. The number of unbranched alkanes of at least 4 members (excludes halogenated alkanes) is 1. The number of carboxylic acid groups (broad SMARTS) is 1. The van der Waals surface area contributed by atoms with Crippen molar-refractivity contribution in [3.05, 3.63) is 11.7 Å². The Morgan fingerprint density at radius 1 is 1.53 bits per heavy atom. The number of nitrogens with zero attached hydrogens (tertiary/aromatic N) is 2. The minimum Gasteiger partial charge on any atom is -0.481 e. The molecule has 1 heterocycles. The summed E-state index contributed by atoms with van der Waals surface area (Å²) in [5, 5.41) is 13.0. The summed E-state index contributed by atoms with van der Waals surface area (Å²) in [6, 6.07) is 0. The number of aromatic nitrogens is 2. The summed E-state index contributed by atoms with van der Waals surface area (Å²) >= 11 is 0. The van der Waals surface area contributed by atoms with Crippen molar-refractivity contribution in [2.24, 2.45) is 5.92 Å². The van der Waals surface area contributed by atoms with Gasteiger partial charge in [0, 0.05) is 6.42 Å². The van der Waals surface area contributed by atoms with Crippen LogP contribution in [0.3, 0.4) is 0 Å². The second-order valence-electron chi connectivity index (χ2n) is 4.63. The van der Waals surface area contributed by atoms with E-state index in [1.807, 2.05) is 0 Å². The molecule has 0 bridgehead atoms. The zero-order valence-corrected chi connectivity index (χ0v) is 10.1. The van der Waals surface area contributed by atoms with E-state index in [0.717, 1.165) is 32.1 Å². The van der Waals surface area contributed by atoms with Crippen molar-refractivity contribution in [3.63, 3.8) is 0 Å². The van der Waals surface area contributed by atoms with E-state index in [4.69, 9.17) is 9.63 Å². The van der Waals surface area contributed by atoms with Crippen molar-refractivity contribution in [1.29, 1.82) is 0 Å². The second kappa shape index (κ2) is 5.29. The standard InChI is InChI=1S/C12H18N2O3/c1-2-3-7-10-13-11(17-14-10)8-5-4-6-9(8)12(15)16/h8-9H,2-7H2,1H3,(H,15,16). The van der Waals surface area contributed by atoms with Gasteiger partial charge in [-0.15, -0.1) is 0 Å². The number of hydrogen-bond acceptors (Lipinski definition) is 4. The quantitative estimate of drug-likeness (QED) is 0.852. The Balaban J connectivity index is 2.06. The molecule has 0 saturated heterocycles.